The average Bonchev–Trinajstić information content (AvgIpc) is 2.55. The number of esters is 1. The van der Waals surface area contributed by atoms with Crippen molar-refractivity contribution in [1.82, 2.24) is 0 Å². The zero-order chi connectivity index (χ0) is 16.1. The molecule has 0 spiro atoms. The summed E-state index contributed by atoms with van der Waals surface area (Å²) in [7, 11) is 2.87. The lowest BCUT2D eigenvalue weighted by atomic mass is 10.1. The molecule has 0 saturated heterocycles. The van der Waals surface area contributed by atoms with Crippen LogP contribution in [-0.4, -0.2) is 26.2 Å². The van der Waals surface area contributed by atoms with E-state index in [2.05, 4.69) is 5.32 Å². The van der Waals surface area contributed by atoms with Crippen LogP contribution in [0.5, 0.6) is 0 Å². The second-order valence-corrected chi connectivity index (χ2v) is 4.94. The van der Waals surface area contributed by atoms with Crippen molar-refractivity contribution in [2.45, 2.75) is 0 Å². The van der Waals surface area contributed by atoms with E-state index < -0.39 is 5.97 Å². The minimum absolute atomic E-state index is 0.318. The van der Waals surface area contributed by atoms with Gasteiger partial charge in [-0.05, 0) is 36.4 Å². The summed E-state index contributed by atoms with van der Waals surface area (Å²) in [5.74, 6) is -0.498. The summed E-state index contributed by atoms with van der Waals surface area (Å²) in [6, 6.07) is 13.1. The first kappa shape index (κ1) is 15.9. The third kappa shape index (κ3) is 3.56. The molecule has 0 aromatic heterocycles. The van der Waals surface area contributed by atoms with Crippen LogP contribution >= 0.6 is 11.6 Å². The van der Waals surface area contributed by atoms with E-state index in [1.165, 1.54) is 12.0 Å². The van der Waals surface area contributed by atoms with Gasteiger partial charge < -0.3 is 10.1 Å². The van der Waals surface area contributed by atoms with Crippen molar-refractivity contribution in [2.75, 3.05) is 24.4 Å². The maximum absolute atomic E-state index is 12.3. The molecule has 1 N–H and O–H groups in total. The molecule has 2 aromatic carbocycles. The Kier molecular flexibility index (Phi) is 5.01. The van der Waals surface area contributed by atoms with Gasteiger partial charge in [0, 0.05) is 17.8 Å². The molecule has 22 heavy (non-hydrogen) atoms. The highest BCUT2D eigenvalue weighted by Crippen LogP contribution is 2.21. The number of hydrogen-bond acceptors (Lipinski definition) is 3. The van der Waals surface area contributed by atoms with Crippen molar-refractivity contribution < 1.29 is 14.3 Å². The van der Waals surface area contributed by atoms with Crippen molar-refractivity contribution in [2.24, 2.45) is 0 Å². The van der Waals surface area contributed by atoms with Crippen LogP contribution < -0.4 is 10.2 Å². The van der Waals surface area contributed by atoms with Gasteiger partial charge in [-0.25, -0.2) is 9.59 Å². The van der Waals surface area contributed by atoms with E-state index in [0.29, 0.717) is 22.0 Å². The van der Waals surface area contributed by atoms with E-state index in [-0.39, 0.29) is 6.03 Å². The number of anilines is 2. The Morgan fingerprint density at radius 2 is 1.73 bits per heavy atom. The number of methoxy groups -OCH3 is 1. The fraction of sp³-hybridized carbons (Fsp3) is 0.125. The first-order valence-electron chi connectivity index (χ1n) is 6.50. The van der Waals surface area contributed by atoms with Gasteiger partial charge in [0.1, 0.15) is 0 Å². The summed E-state index contributed by atoms with van der Waals surface area (Å²) in [5.41, 5.74) is 1.39. The van der Waals surface area contributed by atoms with E-state index in [1.54, 1.807) is 55.6 Å². The lowest BCUT2D eigenvalue weighted by molar-refractivity contribution is 0.0601. The van der Waals surface area contributed by atoms with Gasteiger partial charge in [-0.1, -0.05) is 23.7 Å². The summed E-state index contributed by atoms with van der Waals surface area (Å²) in [6.07, 6.45) is 0. The number of para-hydroxylation sites is 1. The van der Waals surface area contributed by atoms with E-state index in [4.69, 9.17) is 16.3 Å². The van der Waals surface area contributed by atoms with Gasteiger partial charge in [-0.3, -0.25) is 4.90 Å². The van der Waals surface area contributed by atoms with Crippen molar-refractivity contribution >= 4 is 35.0 Å². The summed E-state index contributed by atoms with van der Waals surface area (Å²) in [4.78, 5) is 25.4. The molecule has 5 nitrogen and oxygen atoms in total. The number of nitrogens with one attached hydrogen (secondary N) is 1. The Balaban J connectivity index is 2.20. The molecule has 0 radical (unpaired) electrons. The Hall–Kier alpha value is -2.53. The molecular weight excluding hydrogens is 304 g/mol. The van der Waals surface area contributed by atoms with Gasteiger partial charge in [-0.15, -0.1) is 0 Å². The zero-order valence-corrected chi connectivity index (χ0v) is 12.9. The number of ether oxygens (including phenoxy) is 1. The second-order valence-electron chi connectivity index (χ2n) is 4.50. The van der Waals surface area contributed by atoms with Gasteiger partial charge >= 0.3 is 12.0 Å². The van der Waals surface area contributed by atoms with Gasteiger partial charge in [0.15, 0.2) is 0 Å². The quantitative estimate of drug-likeness (QED) is 0.876. The third-order valence-electron chi connectivity index (χ3n) is 3.07. The highest BCUT2D eigenvalue weighted by Gasteiger charge is 2.18. The van der Waals surface area contributed by atoms with Crippen LogP contribution in [-0.2, 0) is 4.74 Å². The molecule has 0 aliphatic carbocycles. The number of carbonyl (C=O) groups excluding carboxylic acids is 2. The lowest BCUT2D eigenvalue weighted by Crippen LogP contribution is -2.32. The van der Waals surface area contributed by atoms with E-state index in [0.717, 1.165) is 0 Å². The molecule has 114 valence electrons. The molecule has 2 aromatic rings. The van der Waals surface area contributed by atoms with Crippen LogP contribution in [0.2, 0.25) is 5.02 Å². The number of carbonyl (C=O) groups is 2. The summed E-state index contributed by atoms with van der Waals surface area (Å²) in [5, 5.41) is 3.31. The van der Waals surface area contributed by atoms with E-state index in [9.17, 15) is 9.59 Å². The molecule has 6 heteroatoms. The largest absolute Gasteiger partial charge is 0.465 e. The van der Waals surface area contributed by atoms with Crippen LogP contribution in [0.4, 0.5) is 16.2 Å². The number of amides is 2. The predicted octanol–water partition coefficient (Wildman–Crippen LogP) is 3.79. The maximum Gasteiger partial charge on any atom is 0.339 e. The number of halogens is 1. The monoisotopic (exact) mass is 318 g/mol. The fourth-order valence-electron chi connectivity index (χ4n) is 1.90. The zero-order valence-electron chi connectivity index (χ0n) is 12.2. The summed E-state index contributed by atoms with van der Waals surface area (Å²) >= 11 is 5.80. The first-order valence-corrected chi connectivity index (χ1v) is 6.88. The van der Waals surface area contributed by atoms with Gasteiger partial charge in [0.05, 0.1) is 18.4 Å². The molecule has 0 bridgehead atoms. The molecule has 0 unspecified atom stereocenters. The number of nitrogens with zero attached hydrogens (tertiary/aromatic N) is 1. The van der Waals surface area contributed by atoms with Gasteiger partial charge in [-0.2, -0.15) is 0 Å². The molecule has 0 aliphatic heterocycles. The van der Waals surface area contributed by atoms with Crippen LogP contribution in [0, 0.1) is 0 Å². The normalized spacial score (nSPS) is 9.95. The predicted molar refractivity (Wildman–Crippen MR) is 86.7 cm³/mol. The average molecular weight is 319 g/mol. The van der Waals surface area contributed by atoms with Crippen LogP contribution in [0.25, 0.3) is 0 Å². The molecular formula is C16H15ClN2O3. The molecule has 0 heterocycles. The number of benzene rings is 2. The van der Waals surface area contributed by atoms with Crippen LogP contribution in [0.15, 0.2) is 48.5 Å². The standard InChI is InChI=1S/C16H15ClN2O3/c1-19(14-6-4-3-5-13(14)15(20)22-2)16(21)18-12-9-7-11(17)8-10-12/h3-10H,1-2H3,(H,18,21). The summed E-state index contributed by atoms with van der Waals surface area (Å²) < 4.78 is 4.73. The number of hydrogen-bond donors (Lipinski definition) is 1. The third-order valence-corrected chi connectivity index (χ3v) is 3.32. The highest BCUT2D eigenvalue weighted by atomic mass is 35.5. The van der Waals surface area contributed by atoms with Crippen molar-refractivity contribution in [3.8, 4) is 0 Å². The van der Waals surface area contributed by atoms with Gasteiger partial charge in [0.2, 0.25) is 0 Å². The molecule has 0 fully saturated rings. The highest BCUT2D eigenvalue weighted by molar-refractivity contribution is 6.30. The fourth-order valence-corrected chi connectivity index (χ4v) is 2.02. The van der Waals surface area contributed by atoms with Crippen LogP contribution in [0.1, 0.15) is 10.4 Å². The minimum Gasteiger partial charge on any atom is -0.465 e. The Morgan fingerprint density at radius 1 is 1.09 bits per heavy atom. The number of rotatable bonds is 3. The second kappa shape index (κ2) is 6.95. The van der Waals surface area contributed by atoms with E-state index >= 15 is 0 Å². The summed E-state index contributed by atoms with van der Waals surface area (Å²) in [6.45, 7) is 0. The number of urea groups is 1. The molecule has 0 aliphatic rings. The molecule has 0 saturated carbocycles. The molecule has 2 rings (SSSR count). The Morgan fingerprint density at radius 3 is 2.36 bits per heavy atom. The van der Waals surface area contributed by atoms with E-state index in [1.807, 2.05) is 0 Å². The van der Waals surface area contributed by atoms with Crippen LogP contribution in [0.3, 0.4) is 0 Å². The Bertz CT molecular complexity index is 686. The topological polar surface area (TPSA) is 58.6 Å². The minimum atomic E-state index is -0.498. The smallest absolute Gasteiger partial charge is 0.339 e. The maximum atomic E-state index is 12.3. The van der Waals surface area contributed by atoms with Gasteiger partial charge in [0.25, 0.3) is 0 Å². The van der Waals surface area contributed by atoms with Crippen molar-refractivity contribution in [3.63, 3.8) is 0 Å². The molecule has 0 atom stereocenters. The first-order chi connectivity index (χ1) is 10.5. The lowest BCUT2D eigenvalue weighted by Gasteiger charge is -2.20. The Labute approximate surface area is 133 Å². The molecule has 2 amide bonds. The van der Waals surface area contributed by atoms with Crippen molar-refractivity contribution in [1.29, 1.82) is 0 Å². The SMILES string of the molecule is COC(=O)c1ccccc1N(C)C(=O)Nc1ccc(Cl)cc1. The van der Waals surface area contributed by atoms with Crippen molar-refractivity contribution in [3.05, 3.63) is 59.1 Å².